The maximum atomic E-state index is 12.6. The molecule has 3 amide bonds. The monoisotopic (exact) mass is 536 g/mol. The van der Waals surface area contributed by atoms with Crippen molar-refractivity contribution in [1.82, 2.24) is 20.5 Å². The van der Waals surface area contributed by atoms with E-state index in [0.717, 1.165) is 18.4 Å². The van der Waals surface area contributed by atoms with Crippen LogP contribution in [0.2, 0.25) is 5.02 Å². The molecule has 1 fully saturated rings. The second kappa shape index (κ2) is 11.9. The number of sulfonamides is 1. The molecule has 1 aliphatic rings. The fourth-order valence-electron chi connectivity index (χ4n) is 4.08. The highest BCUT2D eigenvalue weighted by Crippen LogP contribution is 2.27. The molecular weight excluding hydrogens is 504 g/mol. The van der Waals surface area contributed by atoms with Crippen molar-refractivity contribution in [3.8, 4) is 5.75 Å². The smallest absolute Gasteiger partial charge is 0.343 e. The Balaban J connectivity index is 1.52. The van der Waals surface area contributed by atoms with E-state index in [1.165, 1.54) is 12.1 Å². The number of piperidine rings is 1. The molecule has 1 heterocycles. The second-order valence-corrected chi connectivity index (χ2v) is 11.6. The number of hydrogen-bond donors (Lipinski definition) is 3. The normalized spacial score (nSPS) is 15.7. The van der Waals surface area contributed by atoms with Gasteiger partial charge in [0.2, 0.25) is 0 Å². The van der Waals surface area contributed by atoms with Gasteiger partial charge in [-0.15, -0.1) is 0 Å². The lowest BCUT2D eigenvalue weighted by Crippen LogP contribution is -2.53. The van der Waals surface area contributed by atoms with Gasteiger partial charge in [0, 0.05) is 24.7 Å². The Labute approximate surface area is 217 Å². The Morgan fingerprint density at radius 3 is 2.53 bits per heavy atom. The predicted molar refractivity (Wildman–Crippen MR) is 139 cm³/mol. The van der Waals surface area contributed by atoms with E-state index in [-0.39, 0.29) is 16.2 Å². The Bertz CT molecular complexity index is 1190. The number of urea groups is 1. The number of amides is 3. The highest BCUT2D eigenvalue weighted by molar-refractivity contribution is 7.90. The van der Waals surface area contributed by atoms with Gasteiger partial charge in [-0.3, -0.25) is 10.2 Å². The number of benzene rings is 2. The van der Waals surface area contributed by atoms with E-state index >= 15 is 0 Å². The minimum absolute atomic E-state index is 0.0234. The lowest BCUT2D eigenvalue weighted by molar-refractivity contribution is 0.0826. The molecule has 0 atom stereocenters. The molecule has 196 valence electrons. The van der Waals surface area contributed by atoms with Crippen molar-refractivity contribution < 1.29 is 22.7 Å². The van der Waals surface area contributed by atoms with Gasteiger partial charge in [0.05, 0.1) is 17.1 Å². The van der Waals surface area contributed by atoms with E-state index in [1.54, 1.807) is 35.3 Å². The first-order valence-electron chi connectivity index (χ1n) is 11.9. The third kappa shape index (κ3) is 7.84. The van der Waals surface area contributed by atoms with Crippen molar-refractivity contribution in [2.75, 3.05) is 26.2 Å². The highest BCUT2D eigenvalue weighted by atomic mass is 35.5. The van der Waals surface area contributed by atoms with E-state index in [2.05, 4.69) is 29.3 Å². The Hall–Kier alpha value is -2.82. The number of hydrogen-bond acceptors (Lipinski definition) is 6. The van der Waals surface area contributed by atoms with Crippen LogP contribution in [0.4, 0.5) is 4.79 Å². The van der Waals surface area contributed by atoms with Crippen LogP contribution in [-0.4, -0.2) is 51.6 Å². The Kier molecular flexibility index (Phi) is 9.21. The number of ether oxygens (including phenoxy) is 1. The van der Waals surface area contributed by atoms with E-state index in [0.29, 0.717) is 49.0 Å². The predicted octanol–water partition coefficient (Wildman–Crippen LogP) is 3.74. The average molecular weight is 537 g/mol. The third-order valence-electron chi connectivity index (χ3n) is 5.81. The number of rotatable bonds is 9. The Morgan fingerprint density at radius 1 is 1.14 bits per heavy atom. The van der Waals surface area contributed by atoms with Crippen LogP contribution in [0, 0.1) is 5.41 Å². The van der Waals surface area contributed by atoms with Crippen molar-refractivity contribution in [2.45, 2.75) is 44.9 Å². The van der Waals surface area contributed by atoms with E-state index < -0.39 is 16.1 Å². The molecular formula is C25H33ClN4O5S. The van der Waals surface area contributed by atoms with Crippen LogP contribution in [0.25, 0.3) is 0 Å². The fourth-order valence-corrected chi connectivity index (χ4v) is 5.15. The molecule has 2 aromatic carbocycles. The number of halogens is 1. The lowest BCUT2D eigenvalue weighted by Gasteiger charge is -2.37. The first-order chi connectivity index (χ1) is 17.0. The lowest BCUT2D eigenvalue weighted by atomic mass is 9.85. The molecule has 2 aromatic rings. The summed E-state index contributed by atoms with van der Waals surface area (Å²) >= 11 is 6.02. The first-order valence-corrected chi connectivity index (χ1v) is 13.7. The summed E-state index contributed by atoms with van der Waals surface area (Å²) in [7, 11) is -4.02. The van der Waals surface area contributed by atoms with Gasteiger partial charge in [0.15, 0.2) is 0 Å². The number of carbonyl (C=O) groups is 2. The second-order valence-electron chi connectivity index (χ2n) is 9.46. The number of nitrogens with zero attached hydrogens (tertiary/aromatic N) is 1. The maximum absolute atomic E-state index is 12.6. The molecule has 9 nitrogen and oxygen atoms in total. The Morgan fingerprint density at radius 2 is 1.86 bits per heavy atom. The SMILES string of the molecule is CCOc1ccc(Cl)cc1C(=O)NCCc1ccc(S(=O)(=O)NC(=O)NN2CCCC(C)(C)C2)cc1. The highest BCUT2D eigenvalue weighted by Gasteiger charge is 2.28. The van der Waals surface area contributed by atoms with E-state index in [9.17, 15) is 18.0 Å². The molecule has 0 radical (unpaired) electrons. The van der Waals surface area contributed by atoms with Crippen LogP contribution < -0.4 is 20.2 Å². The molecule has 36 heavy (non-hydrogen) atoms. The standard InChI is InChI=1S/C25H33ClN4O5S/c1-4-35-22-11-8-19(26)16-21(22)23(31)27-14-12-18-6-9-20(10-7-18)36(33,34)29-24(32)28-30-15-5-13-25(2,3)17-30/h6-11,16H,4-5,12-15,17H2,1-3H3,(H,27,31)(H2,28,29,32). The number of carbonyl (C=O) groups excluding carboxylic acids is 2. The third-order valence-corrected chi connectivity index (χ3v) is 7.39. The molecule has 3 rings (SSSR count). The summed E-state index contributed by atoms with van der Waals surface area (Å²) in [5, 5.41) is 5.00. The fraction of sp³-hybridized carbons (Fsp3) is 0.440. The van der Waals surface area contributed by atoms with Crippen LogP contribution in [0.15, 0.2) is 47.4 Å². The molecule has 0 spiro atoms. The largest absolute Gasteiger partial charge is 0.493 e. The van der Waals surface area contributed by atoms with Crippen LogP contribution in [-0.2, 0) is 16.4 Å². The zero-order valence-corrected chi connectivity index (χ0v) is 22.3. The molecule has 0 unspecified atom stereocenters. The van der Waals surface area contributed by atoms with E-state index in [1.807, 2.05) is 6.92 Å². The average Bonchev–Trinajstić information content (AvgIpc) is 2.79. The van der Waals surface area contributed by atoms with Crippen LogP contribution in [0.5, 0.6) is 5.75 Å². The molecule has 0 bridgehead atoms. The van der Waals surface area contributed by atoms with Gasteiger partial charge in [0.25, 0.3) is 15.9 Å². The van der Waals surface area contributed by atoms with Gasteiger partial charge >= 0.3 is 6.03 Å². The summed E-state index contributed by atoms with van der Waals surface area (Å²) < 4.78 is 32.8. The van der Waals surface area contributed by atoms with Gasteiger partial charge in [-0.2, -0.15) is 0 Å². The van der Waals surface area contributed by atoms with Crippen LogP contribution >= 0.6 is 11.6 Å². The van der Waals surface area contributed by atoms with Crippen molar-refractivity contribution in [3.05, 3.63) is 58.6 Å². The summed E-state index contributed by atoms with van der Waals surface area (Å²) in [4.78, 5) is 24.8. The van der Waals surface area contributed by atoms with Gasteiger partial charge in [0.1, 0.15) is 5.75 Å². The van der Waals surface area contributed by atoms with Gasteiger partial charge in [-0.1, -0.05) is 37.6 Å². The maximum Gasteiger partial charge on any atom is 0.343 e. The van der Waals surface area contributed by atoms with Crippen molar-refractivity contribution >= 4 is 33.6 Å². The van der Waals surface area contributed by atoms with Crippen molar-refractivity contribution in [2.24, 2.45) is 5.41 Å². The summed E-state index contributed by atoms with van der Waals surface area (Å²) in [6.45, 7) is 8.12. The topological polar surface area (TPSA) is 117 Å². The zero-order valence-electron chi connectivity index (χ0n) is 20.8. The number of nitrogens with one attached hydrogen (secondary N) is 3. The molecule has 1 aliphatic heterocycles. The summed E-state index contributed by atoms with van der Waals surface area (Å²) in [6, 6.07) is 10.2. The minimum Gasteiger partial charge on any atom is -0.493 e. The first kappa shape index (κ1) is 27.8. The zero-order chi connectivity index (χ0) is 26.3. The molecule has 3 N–H and O–H groups in total. The summed E-state index contributed by atoms with van der Waals surface area (Å²) in [6.07, 6.45) is 2.46. The van der Waals surface area contributed by atoms with Gasteiger partial charge in [-0.25, -0.2) is 22.9 Å². The van der Waals surface area contributed by atoms with Gasteiger partial charge < -0.3 is 10.1 Å². The summed E-state index contributed by atoms with van der Waals surface area (Å²) in [5.74, 6) is 0.141. The van der Waals surface area contributed by atoms with Crippen LogP contribution in [0.3, 0.4) is 0 Å². The number of hydrazine groups is 1. The van der Waals surface area contributed by atoms with Gasteiger partial charge in [-0.05, 0) is 67.5 Å². The van der Waals surface area contributed by atoms with Crippen LogP contribution in [0.1, 0.15) is 49.5 Å². The molecule has 0 saturated carbocycles. The molecule has 0 aromatic heterocycles. The minimum atomic E-state index is -4.02. The molecule has 1 saturated heterocycles. The quantitative estimate of drug-likeness (QED) is 0.449. The summed E-state index contributed by atoms with van der Waals surface area (Å²) in [5.41, 5.74) is 3.86. The molecule has 11 heteroatoms. The van der Waals surface area contributed by atoms with E-state index in [4.69, 9.17) is 16.3 Å². The van der Waals surface area contributed by atoms with Crippen molar-refractivity contribution in [1.29, 1.82) is 0 Å². The molecule has 0 aliphatic carbocycles. The van der Waals surface area contributed by atoms with Crippen molar-refractivity contribution in [3.63, 3.8) is 0 Å².